The molecule has 1 rings (SSSR count). The van der Waals surface area contributed by atoms with E-state index in [0.29, 0.717) is 11.3 Å². The third-order valence-electron chi connectivity index (χ3n) is 1.99. The van der Waals surface area contributed by atoms with E-state index in [1.807, 2.05) is 0 Å². The molecule has 0 radical (unpaired) electrons. The van der Waals surface area contributed by atoms with Gasteiger partial charge < -0.3 is 15.2 Å². The molecule has 0 aliphatic carbocycles. The maximum Gasteiger partial charge on any atom is 0.339 e. The summed E-state index contributed by atoms with van der Waals surface area (Å²) in [4.78, 5) is 22.3. The highest BCUT2D eigenvalue weighted by atomic mass is 16.5. The first-order chi connectivity index (χ1) is 7.54. The zero-order chi connectivity index (χ0) is 12.1. The van der Waals surface area contributed by atoms with E-state index in [1.54, 1.807) is 18.2 Å². The van der Waals surface area contributed by atoms with Crippen LogP contribution in [0.3, 0.4) is 0 Å². The summed E-state index contributed by atoms with van der Waals surface area (Å²) in [5.41, 5.74) is 5.29. The number of hydrogen-bond donors (Lipinski definition) is 1. The van der Waals surface area contributed by atoms with Gasteiger partial charge in [-0.25, -0.2) is 4.79 Å². The summed E-state index contributed by atoms with van der Waals surface area (Å²) in [6, 6.07) is 6.45. The Labute approximate surface area is 93.1 Å². The highest BCUT2D eigenvalue weighted by Gasteiger charge is 2.16. The molecule has 0 aliphatic heterocycles. The molecular weight excluding hydrogens is 210 g/mol. The van der Waals surface area contributed by atoms with Crippen molar-refractivity contribution < 1.29 is 19.1 Å². The number of carbonyl (C=O) groups is 2. The fourth-order valence-electron chi connectivity index (χ4n) is 1.04. The molecule has 16 heavy (non-hydrogen) atoms. The molecule has 0 saturated carbocycles. The van der Waals surface area contributed by atoms with Gasteiger partial charge in [-0.2, -0.15) is 0 Å². The SMILES string of the molecule is COc1cccc(C(=O)OC(C)C(N)=O)c1. The molecule has 1 amide bonds. The second kappa shape index (κ2) is 5.16. The van der Waals surface area contributed by atoms with E-state index in [-0.39, 0.29) is 0 Å². The van der Waals surface area contributed by atoms with Crippen LogP contribution in [0.5, 0.6) is 5.75 Å². The van der Waals surface area contributed by atoms with Crippen LogP contribution in [0.2, 0.25) is 0 Å². The van der Waals surface area contributed by atoms with Gasteiger partial charge in [0.05, 0.1) is 12.7 Å². The number of methoxy groups -OCH3 is 1. The van der Waals surface area contributed by atoms with Crippen LogP contribution in [0, 0.1) is 0 Å². The highest BCUT2D eigenvalue weighted by Crippen LogP contribution is 2.13. The van der Waals surface area contributed by atoms with Gasteiger partial charge >= 0.3 is 5.97 Å². The Morgan fingerprint density at radius 3 is 2.62 bits per heavy atom. The van der Waals surface area contributed by atoms with Crippen molar-refractivity contribution in [3.63, 3.8) is 0 Å². The van der Waals surface area contributed by atoms with Crippen molar-refractivity contribution in [3.05, 3.63) is 29.8 Å². The lowest BCUT2D eigenvalue weighted by Gasteiger charge is -2.09. The van der Waals surface area contributed by atoms with Crippen LogP contribution in [0.1, 0.15) is 17.3 Å². The van der Waals surface area contributed by atoms with E-state index < -0.39 is 18.0 Å². The number of ether oxygens (including phenoxy) is 2. The van der Waals surface area contributed by atoms with Gasteiger partial charge in [-0.1, -0.05) is 6.07 Å². The molecule has 0 aromatic heterocycles. The second-order valence-electron chi connectivity index (χ2n) is 3.18. The lowest BCUT2D eigenvalue weighted by Crippen LogP contribution is -2.30. The van der Waals surface area contributed by atoms with Crippen LogP contribution in [0.25, 0.3) is 0 Å². The van der Waals surface area contributed by atoms with Crippen LogP contribution in [0.4, 0.5) is 0 Å². The number of carbonyl (C=O) groups excluding carboxylic acids is 2. The second-order valence-corrected chi connectivity index (χ2v) is 3.18. The molecular formula is C11H13NO4. The van der Waals surface area contributed by atoms with Crippen molar-refractivity contribution in [2.45, 2.75) is 13.0 Å². The molecule has 0 saturated heterocycles. The van der Waals surface area contributed by atoms with Crippen molar-refractivity contribution >= 4 is 11.9 Å². The van der Waals surface area contributed by atoms with E-state index in [4.69, 9.17) is 15.2 Å². The van der Waals surface area contributed by atoms with E-state index in [2.05, 4.69) is 0 Å². The van der Waals surface area contributed by atoms with Gasteiger partial charge in [0.25, 0.3) is 5.91 Å². The van der Waals surface area contributed by atoms with E-state index in [0.717, 1.165) is 0 Å². The largest absolute Gasteiger partial charge is 0.497 e. The Hall–Kier alpha value is -2.04. The quantitative estimate of drug-likeness (QED) is 0.763. The fourth-order valence-corrected chi connectivity index (χ4v) is 1.04. The number of primary amides is 1. The standard InChI is InChI=1S/C11H13NO4/c1-7(10(12)13)16-11(14)8-4-3-5-9(6-8)15-2/h3-7H,1-2H3,(H2,12,13). The first kappa shape index (κ1) is 12.0. The summed E-state index contributed by atoms with van der Waals surface area (Å²) < 4.78 is 9.79. The van der Waals surface area contributed by atoms with E-state index in [1.165, 1.54) is 20.1 Å². The Kier molecular flexibility index (Phi) is 3.88. The molecule has 0 bridgehead atoms. The molecule has 1 unspecified atom stereocenters. The summed E-state index contributed by atoms with van der Waals surface area (Å²) in [5.74, 6) is -0.748. The number of rotatable bonds is 4. The third-order valence-corrected chi connectivity index (χ3v) is 1.99. The third kappa shape index (κ3) is 2.98. The minimum absolute atomic E-state index is 0.312. The number of esters is 1. The zero-order valence-electron chi connectivity index (χ0n) is 9.10. The molecule has 5 heteroatoms. The van der Waals surface area contributed by atoms with Crippen LogP contribution >= 0.6 is 0 Å². The molecule has 0 heterocycles. The Morgan fingerprint density at radius 2 is 2.06 bits per heavy atom. The van der Waals surface area contributed by atoms with Gasteiger partial charge in [-0.3, -0.25) is 4.79 Å². The summed E-state index contributed by atoms with van der Waals surface area (Å²) in [6.45, 7) is 1.42. The van der Waals surface area contributed by atoms with Gasteiger partial charge in [0.2, 0.25) is 0 Å². The van der Waals surface area contributed by atoms with Crippen LogP contribution in [0.15, 0.2) is 24.3 Å². The summed E-state index contributed by atoms with van der Waals surface area (Å²) >= 11 is 0. The summed E-state index contributed by atoms with van der Waals surface area (Å²) in [7, 11) is 1.50. The Morgan fingerprint density at radius 1 is 1.38 bits per heavy atom. The van der Waals surface area contributed by atoms with Gasteiger partial charge in [0, 0.05) is 0 Å². The fraction of sp³-hybridized carbons (Fsp3) is 0.273. The molecule has 1 aromatic rings. The lowest BCUT2D eigenvalue weighted by atomic mass is 10.2. The number of amides is 1. The van der Waals surface area contributed by atoms with Gasteiger partial charge in [-0.05, 0) is 25.1 Å². The van der Waals surface area contributed by atoms with Crippen molar-refractivity contribution in [3.8, 4) is 5.75 Å². The predicted octanol–water partition coefficient (Wildman–Crippen LogP) is 0.726. The number of benzene rings is 1. The summed E-state index contributed by atoms with van der Waals surface area (Å²) in [5, 5.41) is 0. The smallest absolute Gasteiger partial charge is 0.339 e. The summed E-state index contributed by atoms with van der Waals surface area (Å²) in [6.07, 6.45) is -0.946. The van der Waals surface area contributed by atoms with Gasteiger partial charge in [-0.15, -0.1) is 0 Å². The molecule has 0 spiro atoms. The average molecular weight is 223 g/mol. The number of hydrogen-bond acceptors (Lipinski definition) is 4. The minimum Gasteiger partial charge on any atom is -0.497 e. The molecule has 2 N–H and O–H groups in total. The molecule has 86 valence electrons. The first-order valence-electron chi connectivity index (χ1n) is 4.69. The lowest BCUT2D eigenvalue weighted by molar-refractivity contribution is -0.125. The van der Waals surface area contributed by atoms with Crippen LogP contribution in [-0.4, -0.2) is 25.1 Å². The predicted molar refractivity (Wildman–Crippen MR) is 57.1 cm³/mol. The topological polar surface area (TPSA) is 78.6 Å². The van der Waals surface area contributed by atoms with Crippen molar-refractivity contribution in [2.24, 2.45) is 5.73 Å². The maximum absolute atomic E-state index is 11.5. The van der Waals surface area contributed by atoms with Gasteiger partial charge in [0.1, 0.15) is 5.75 Å². The van der Waals surface area contributed by atoms with Crippen LogP contribution < -0.4 is 10.5 Å². The monoisotopic (exact) mass is 223 g/mol. The number of nitrogens with two attached hydrogens (primary N) is 1. The molecule has 5 nitrogen and oxygen atoms in total. The van der Waals surface area contributed by atoms with Crippen molar-refractivity contribution in [1.29, 1.82) is 0 Å². The Balaban J connectivity index is 2.76. The van der Waals surface area contributed by atoms with E-state index in [9.17, 15) is 9.59 Å². The first-order valence-corrected chi connectivity index (χ1v) is 4.69. The van der Waals surface area contributed by atoms with Crippen LogP contribution in [-0.2, 0) is 9.53 Å². The van der Waals surface area contributed by atoms with Crippen molar-refractivity contribution in [2.75, 3.05) is 7.11 Å². The molecule has 1 aromatic carbocycles. The van der Waals surface area contributed by atoms with Gasteiger partial charge in [0.15, 0.2) is 6.10 Å². The normalized spacial score (nSPS) is 11.6. The highest BCUT2D eigenvalue weighted by molar-refractivity contribution is 5.92. The van der Waals surface area contributed by atoms with Crippen molar-refractivity contribution in [1.82, 2.24) is 0 Å². The maximum atomic E-state index is 11.5. The Bertz CT molecular complexity index is 403. The molecule has 0 fully saturated rings. The average Bonchev–Trinajstić information content (AvgIpc) is 2.28. The van der Waals surface area contributed by atoms with E-state index >= 15 is 0 Å². The minimum atomic E-state index is -0.946. The zero-order valence-corrected chi connectivity index (χ0v) is 9.10. The molecule has 1 atom stereocenters. The molecule has 0 aliphatic rings.